The van der Waals surface area contributed by atoms with Crippen LogP contribution in [0.5, 0.6) is 0 Å². The summed E-state index contributed by atoms with van der Waals surface area (Å²) < 4.78 is 70.6. The molecule has 2 heterocycles. The molecule has 0 amide bonds. The Morgan fingerprint density at radius 1 is 0.897 bits per heavy atom. The van der Waals surface area contributed by atoms with Crippen LogP contribution in [0, 0.1) is 0 Å². The zero-order chi connectivity index (χ0) is 27.4. The fourth-order valence-corrected chi connectivity index (χ4v) is 8.47. The first-order valence-corrected chi connectivity index (χ1v) is 16.8. The summed E-state index contributed by atoms with van der Waals surface area (Å²) in [5.41, 5.74) is 1.60. The first kappa shape index (κ1) is 26.2. The number of hydrogen-bond donors (Lipinski definition) is 1. The van der Waals surface area contributed by atoms with Gasteiger partial charge in [-0.2, -0.15) is 13.0 Å². The largest absolute Gasteiger partial charge is 0.743 e. The van der Waals surface area contributed by atoms with Crippen LogP contribution in [0.1, 0.15) is 11.4 Å². The molecule has 0 aliphatic carbocycles. The van der Waals surface area contributed by atoms with Crippen molar-refractivity contribution in [1.29, 1.82) is 0 Å². The Bertz CT molecular complexity index is 2020. The molecule has 0 unspecified atom stereocenters. The Morgan fingerprint density at radius 2 is 1.56 bits per heavy atom. The summed E-state index contributed by atoms with van der Waals surface area (Å²) in [6.45, 7) is 0.313. The molecule has 12 heteroatoms. The average Bonchev–Trinajstić information content (AvgIpc) is 3.40. The molecule has 1 N–H and O–H groups in total. The standard InChI is InChI=1S/C27H22N2O6S4/c30-38(31,32)15-5-14-28-24(36-22-12-10-18-6-1-3-8-20(18)26(22)28)16-25-29(17-39(33,34)35)27-21-9-4-2-7-19(21)11-13-23(27)37-25/h1-4,6-13,16H,5,14-15,17H2,(H-,30,31,32,33,34,35). The van der Waals surface area contributed by atoms with Crippen LogP contribution in [0.2, 0.25) is 0 Å². The van der Waals surface area contributed by atoms with Gasteiger partial charge in [0, 0.05) is 16.8 Å². The van der Waals surface area contributed by atoms with Crippen LogP contribution in [0.3, 0.4) is 0 Å². The van der Waals surface area contributed by atoms with E-state index in [9.17, 15) is 25.9 Å². The first-order valence-electron chi connectivity index (χ1n) is 12.0. The maximum absolute atomic E-state index is 12.0. The number of rotatable bonds is 7. The Balaban J connectivity index is 1.54. The van der Waals surface area contributed by atoms with Gasteiger partial charge in [0.1, 0.15) is 4.70 Å². The molecule has 4 aromatic carbocycles. The van der Waals surface area contributed by atoms with Gasteiger partial charge in [-0.25, -0.2) is 8.42 Å². The van der Waals surface area contributed by atoms with Crippen molar-refractivity contribution in [3.63, 3.8) is 0 Å². The van der Waals surface area contributed by atoms with E-state index in [0.717, 1.165) is 41.9 Å². The molecule has 0 saturated carbocycles. The first-order chi connectivity index (χ1) is 18.6. The molecule has 200 valence electrons. The van der Waals surface area contributed by atoms with Gasteiger partial charge in [0.25, 0.3) is 15.1 Å². The molecular weight excluding hydrogens is 577 g/mol. The normalized spacial score (nSPS) is 15.1. The van der Waals surface area contributed by atoms with Crippen LogP contribution >= 0.6 is 23.1 Å². The van der Waals surface area contributed by atoms with Gasteiger partial charge < -0.3 is 9.45 Å². The van der Waals surface area contributed by atoms with E-state index in [4.69, 9.17) is 0 Å². The zero-order valence-corrected chi connectivity index (χ0v) is 23.6. The lowest BCUT2D eigenvalue weighted by Crippen LogP contribution is -2.39. The zero-order valence-electron chi connectivity index (χ0n) is 20.3. The summed E-state index contributed by atoms with van der Waals surface area (Å²) in [5.74, 6) is -1.10. The minimum Gasteiger partial charge on any atom is -0.743 e. The third kappa shape index (κ3) is 5.28. The smallest absolute Gasteiger partial charge is 0.266 e. The molecule has 5 aromatic rings. The van der Waals surface area contributed by atoms with E-state index in [0.29, 0.717) is 17.1 Å². The molecule has 1 aromatic heterocycles. The highest BCUT2D eigenvalue weighted by molar-refractivity contribution is 8.04. The number of anilines is 1. The van der Waals surface area contributed by atoms with Gasteiger partial charge in [-0.05, 0) is 35.4 Å². The van der Waals surface area contributed by atoms with Crippen molar-refractivity contribution < 1.29 is 30.5 Å². The second kappa shape index (κ2) is 9.88. The lowest BCUT2D eigenvalue weighted by molar-refractivity contribution is -0.648. The summed E-state index contributed by atoms with van der Waals surface area (Å²) in [5, 5.41) is 5.15. The van der Waals surface area contributed by atoms with Gasteiger partial charge >= 0.3 is 0 Å². The number of thioether (sulfide) groups is 1. The van der Waals surface area contributed by atoms with Gasteiger partial charge in [0.05, 0.1) is 27.9 Å². The predicted molar refractivity (Wildman–Crippen MR) is 155 cm³/mol. The molecule has 8 nitrogen and oxygen atoms in total. The van der Waals surface area contributed by atoms with Gasteiger partial charge in [-0.3, -0.25) is 4.55 Å². The van der Waals surface area contributed by atoms with Crippen molar-refractivity contribution in [2.24, 2.45) is 0 Å². The summed E-state index contributed by atoms with van der Waals surface area (Å²) in [6.07, 6.45) is 2.04. The Morgan fingerprint density at radius 3 is 2.28 bits per heavy atom. The Kier molecular flexibility index (Phi) is 6.64. The van der Waals surface area contributed by atoms with Crippen LogP contribution in [0.15, 0.2) is 82.7 Å². The van der Waals surface area contributed by atoms with Gasteiger partial charge in [-0.1, -0.05) is 77.7 Å². The van der Waals surface area contributed by atoms with Crippen LogP contribution in [0.4, 0.5) is 5.69 Å². The lowest BCUT2D eigenvalue weighted by atomic mass is 10.1. The minimum absolute atomic E-state index is 0.186. The molecular formula is C27H22N2O6S4. The van der Waals surface area contributed by atoms with Crippen LogP contribution in [-0.4, -0.2) is 38.2 Å². The van der Waals surface area contributed by atoms with Crippen molar-refractivity contribution in [2.45, 2.75) is 17.2 Å². The third-order valence-corrected chi connectivity index (χ3v) is 10.1. The molecule has 0 radical (unpaired) electrons. The maximum atomic E-state index is 12.0. The van der Waals surface area contributed by atoms with E-state index in [2.05, 4.69) is 0 Å². The fourth-order valence-electron chi connectivity index (χ4n) is 4.98. The predicted octanol–water partition coefficient (Wildman–Crippen LogP) is 5.19. The topological polar surface area (TPSA) is 119 Å². The van der Waals surface area contributed by atoms with E-state index < -0.39 is 26.1 Å². The second-order valence-electron chi connectivity index (χ2n) is 9.20. The third-order valence-electron chi connectivity index (χ3n) is 6.55. The number of hydrogen-bond acceptors (Lipinski definition) is 8. The van der Waals surface area contributed by atoms with E-state index in [1.165, 1.54) is 23.1 Å². The van der Waals surface area contributed by atoms with Crippen LogP contribution in [-0.2, 0) is 26.1 Å². The number of fused-ring (bicyclic) bond motifs is 6. The molecule has 39 heavy (non-hydrogen) atoms. The van der Waals surface area contributed by atoms with E-state index in [1.54, 1.807) is 4.57 Å². The maximum Gasteiger partial charge on any atom is 0.266 e. The molecule has 1 aliphatic rings. The number of aromatic nitrogens is 1. The van der Waals surface area contributed by atoms with Crippen molar-refractivity contribution in [2.75, 3.05) is 17.2 Å². The monoisotopic (exact) mass is 598 g/mol. The van der Waals surface area contributed by atoms with E-state index in [-0.39, 0.29) is 12.2 Å². The van der Waals surface area contributed by atoms with Crippen molar-refractivity contribution >= 4 is 86.9 Å². The van der Waals surface area contributed by atoms with Crippen LogP contribution in [0.25, 0.3) is 37.8 Å². The van der Waals surface area contributed by atoms with Gasteiger partial charge in [-0.15, -0.1) is 0 Å². The fraction of sp³-hybridized carbons (Fsp3) is 0.148. The Hall–Kier alpha value is -3.00. The average molecular weight is 599 g/mol. The molecule has 0 bridgehead atoms. The van der Waals surface area contributed by atoms with Crippen molar-refractivity contribution in [3.05, 3.63) is 82.8 Å². The van der Waals surface area contributed by atoms with E-state index in [1.807, 2.05) is 83.8 Å². The molecule has 6 rings (SSSR count). The van der Waals surface area contributed by atoms with Gasteiger partial charge in [0.2, 0.25) is 11.4 Å². The summed E-state index contributed by atoms with van der Waals surface area (Å²) in [7, 11) is -8.75. The minimum atomic E-state index is -4.61. The molecule has 0 fully saturated rings. The number of thiazole rings is 1. The highest BCUT2D eigenvalue weighted by atomic mass is 32.2. The Labute approximate surface area is 233 Å². The number of nitrogens with zero attached hydrogens (tertiary/aromatic N) is 2. The highest BCUT2D eigenvalue weighted by Crippen LogP contribution is 2.50. The summed E-state index contributed by atoms with van der Waals surface area (Å²) >= 11 is 2.88. The highest BCUT2D eigenvalue weighted by Gasteiger charge is 2.30. The van der Waals surface area contributed by atoms with Crippen LogP contribution < -0.4 is 9.47 Å². The SMILES string of the molecule is O=S(=O)([O-])C[n+]1c(C=C2Sc3ccc4ccccc4c3N2CCCS(=O)(=O)O)sc2ccc3ccccc3c21. The van der Waals surface area contributed by atoms with E-state index >= 15 is 0 Å². The quantitative estimate of drug-likeness (QED) is 0.201. The van der Waals surface area contributed by atoms with Gasteiger partial charge in [0.15, 0.2) is 10.1 Å². The second-order valence-corrected chi connectivity index (χ2v) is 14.3. The molecule has 0 atom stereocenters. The molecule has 0 spiro atoms. The molecule has 1 aliphatic heterocycles. The summed E-state index contributed by atoms with van der Waals surface area (Å²) in [6, 6.07) is 23.4. The lowest BCUT2D eigenvalue weighted by Gasteiger charge is -2.21. The molecule has 0 saturated heterocycles. The number of benzene rings is 4. The summed E-state index contributed by atoms with van der Waals surface area (Å²) in [4.78, 5) is 2.98. The van der Waals surface area contributed by atoms with Crippen molar-refractivity contribution in [1.82, 2.24) is 0 Å². The van der Waals surface area contributed by atoms with Crippen molar-refractivity contribution in [3.8, 4) is 0 Å².